The molecule has 104 valence electrons. The average molecular weight is 280 g/mol. The Balaban J connectivity index is 2.72. The first-order chi connectivity index (χ1) is 8.86. The number of benzene rings is 1. The molecule has 2 unspecified atom stereocenters. The molecule has 1 aromatic carbocycles. The lowest BCUT2D eigenvalue weighted by atomic mass is 10.0. The summed E-state index contributed by atoms with van der Waals surface area (Å²) in [5, 5.41) is 8.74. The maximum atomic E-state index is 12.2. The molecule has 0 bridgehead atoms. The van der Waals surface area contributed by atoms with Crippen LogP contribution in [0.4, 0.5) is 0 Å². The van der Waals surface area contributed by atoms with E-state index in [9.17, 15) is 8.42 Å². The van der Waals surface area contributed by atoms with Gasteiger partial charge < -0.3 is 0 Å². The van der Waals surface area contributed by atoms with Crippen molar-refractivity contribution in [1.82, 2.24) is 4.31 Å². The van der Waals surface area contributed by atoms with Crippen LogP contribution in [0.3, 0.4) is 0 Å². The van der Waals surface area contributed by atoms with Gasteiger partial charge in [-0.25, -0.2) is 12.7 Å². The maximum absolute atomic E-state index is 12.2. The Labute approximate surface area is 115 Å². The third-order valence-electron chi connectivity index (χ3n) is 3.06. The van der Waals surface area contributed by atoms with E-state index in [0.29, 0.717) is 0 Å². The van der Waals surface area contributed by atoms with Crippen LogP contribution >= 0.6 is 0 Å². The van der Waals surface area contributed by atoms with Gasteiger partial charge in [-0.05, 0) is 18.4 Å². The number of nitriles is 1. The Kier molecular flexibility index (Phi) is 5.52. The van der Waals surface area contributed by atoms with Gasteiger partial charge in [0.25, 0.3) is 0 Å². The molecule has 0 aliphatic heterocycles. The fourth-order valence-corrected chi connectivity index (χ4v) is 3.39. The van der Waals surface area contributed by atoms with Gasteiger partial charge in [0.15, 0.2) is 0 Å². The third kappa shape index (κ3) is 4.66. The van der Waals surface area contributed by atoms with Gasteiger partial charge in [-0.2, -0.15) is 5.26 Å². The zero-order chi connectivity index (χ0) is 14.5. The second kappa shape index (κ2) is 6.69. The molecule has 4 nitrogen and oxygen atoms in total. The van der Waals surface area contributed by atoms with Crippen molar-refractivity contribution in [1.29, 1.82) is 5.26 Å². The summed E-state index contributed by atoms with van der Waals surface area (Å²) in [6.45, 7) is 3.85. The van der Waals surface area contributed by atoms with Crippen LogP contribution in [0.5, 0.6) is 0 Å². The molecule has 0 heterocycles. The second-order valence-electron chi connectivity index (χ2n) is 4.90. The summed E-state index contributed by atoms with van der Waals surface area (Å²) in [4.78, 5) is 0. The summed E-state index contributed by atoms with van der Waals surface area (Å²) < 4.78 is 25.6. The third-order valence-corrected chi connectivity index (χ3v) is 5.08. The van der Waals surface area contributed by atoms with Crippen molar-refractivity contribution < 1.29 is 8.42 Å². The van der Waals surface area contributed by atoms with Crippen molar-refractivity contribution in [3.63, 3.8) is 0 Å². The lowest BCUT2D eigenvalue weighted by molar-refractivity contribution is 0.437. The molecule has 0 radical (unpaired) electrons. The summed E-state index contributed by atoms with van der Waals surface area (Å²) in [7, 11) is -1.80. The summed E-state index contributed by atoms with van der Waals surface area (Å²) in [5.74, 6) is -0.302. The maximum Gasteiger partial charge on any atom is 0.214 e. The normalized spacial score (nSPS) is 14.9. The van der Waals surface area contributed by atoms with Gasteiger partial charge in [0.05, 0.1) is 17.7 Å². The van der Waals surface area contributed by atoms with E-state index in [1.807, 2.05) is 43.3 Å². The monoisotopic (exact) mass is 280 g/mol. The first-order valence-corrected chi connectivity index (χ1v) is 7.86. The van der Waals surface area contributed by atoms with Gasteiger partial charge >= 0.3 is 0 Å². The molecule has 19 heavy (non-hydrogen) atoms. The minimum Gasteiger partial charge on any atom is -0.212 e. The summed E-state index contributed by atoms with van der Waals surface area (Å²) >= 11 is 0. The first-order valence-electron chi connectivity index (χ1n) is 6.25. The van der Waals surface area contributed by atoms with E-state index in [1.165, 1.54) is 11.4 Å². The van der Waals surface area contributed by atoms with Gasteiger partial charge in [-0.3, -0.25) is 0 Å². The van der Waals surface area contributed by atoms with Crippen LogP contribution in [-0.2, 0) is 10.0 Å². The molecule has 0 aliphatic rings. The van der Waals surface area contributed by atoms with Crippen molar-refractivity contribution in [2.24, 2.45) is 5.92 Å². The molecular weight excluding hydrogens is 260 g/mol. The number of hydrogen-bond donors (Lipinski definition) is 0. The molecule has 0 saturated heterocycles. The molecule has 5 heteroatoms. The SMILES string of the molecule is CC(C#N)CN(C)S(=O)(=O)CC(C)c1ccccc1. The highest BCUT2D eigenvalue weighted by molar-refractivity contribution is 7.89. The van der Waals surface area contributed by atoms with Crippen LogP contribution in [0.2, 0.25) is 0 Å². The van der Waals surface area contributed by atoms with E-state index in [4.69, 9.17) is 5.26 Å². The molecule has 0 N–H and O–H groups in total. The molecule has 1 rings (SSSR count). The highest BCUT2D eigenvalue weighted by Gasteiger charge is 2.23. The molecule has 0 spiro atoms. The fraction of sp³-hybridized carbons (Fsp3) is 0.500. The zero-order valence-electron chi connectivity index (χ0n) is 11.6. The quantitative estimate of drug-likeness (QED) is 0.802. The van der Waals surface area contributed by atoms with Crippen molar-refractivity contribution in [3.05, 3.63) is 35.9 Å². The standard InChI is InChI=1S/C14H20N2O2S/c1-12(9-15)10-16(3)19(17,18)11-13(2)14-7-5-4-6-8-14/h4-8,12-13H,10-11H2,1-3H3. The molecule has 0 fully saturated rings. The predicted octanol–water partition coefficient (Wildman–Crippen LogP) is 2.21. The van der Waals surface area contributed by atoms with Gasteiger partial charge in [0.1, 0.15) is 0 Å². The van der Waals surface area contributed by atoms with Crippen LogP contribution in [0.15, 0.2) is 30.3 Å². The lowest BCUT2D eigenvalue weighted by Gasteiger charge is -2.20. The van der Waals surface area contributed by atoms with Crippen LogP contribution < -0.4 is 0 Å². The molecule has 0 aliphatic carbocycles. The Bertz CT molecular complexity index is 534. The molecular formula is C14H20N2O2S. The van der Waals surface area contributed by atoms with Gasteiger partial charge in [-0.15, -0.1) is 0 Å². The number of nitrogens with zero attached hydrogens (tertiary/aromatic N) is 2. The molecule has 0 amide bonds. The summed E-state index contributed by atoms with van der Waals surface area (Å²) in [5.41, 5.74) is 1.01. The van der Waals surface area contributed by atoms with E-state index in [1.54, 1.807) is 6.92 Å². The Hall–Kier alpha value is -1.38. The largest absolute Gasteiger partial charge is 0.214 e. The first kappa shape index (κ1) is 15.7. The smallest absolute Gasteiger partial charge is 0.212 e. The van der Waals surface area contributed by atoms with E-state index in [-0.39, 0.29) is 24.1 Å². The van der Waals surface area contributed by atoms with Crippen LogP contribution in [0.1, 0.15) is 25.3 Å². The minimum absolute atomic E-state index is 0.0612. The minimum atomic E-state index is -3.33. The van der Waals surface area contributed by atoms with Crippen molar-refractivity contribution in [2.75, 3.05) is 19.3 Å². The van der Waals surface area contributed by atoms with Crippen molar-refractivity contribution in [2.45, 2.75) is 19.8 Å². The topological polar surface area (TPSA) is 61.2 Å². The van der Waals surface area contributed by atoms with Gasteiger partial charge in [-0.1, -0.05) is 37.3 Å². The van der Waals surface area contributed by atoms with Crippen LogP contribution in [0, 0.1) is 17.2 Å². The Morgan fingerprint density at radius 2 is 1.84 bits per heavy atom. The van der Waals surface area contributed by atoms with Crippen molar-refractivity contribution in [3.8, 4) is 6.07 Å². The van der Waals surface area contributed by atoms with Crippen molar-refractivity contribution >= 4 is 10.0 Å². The summed E-state index contributed by atoms with van der Waals surface area (Å²) in [6, 6.07) is 11.6. The predicted molar refractivity (Wildman–Crippen MR) is 76.1 cm³/mol. The lowest BCUT2D eigenvalue weighted by Crippen LogP contribution is -2.34. The molecule has 1 aromatic rings. The molecule has 0 saturated carbocycles. The highest BCUT2D eigenvalue weighted by Crippen LogP contribution is 2.18. The van der Waals surface area contributed by atoms with Crippen LogP contribution in [-0.4, -0.2) is 32.1 Å². The number of sulfonamides is 1. The average Bonchev–Trinajstić information content (AvgIpc) is 2.39. The Morgan fingerprint density at radius 1 is 1.26 bits per heavy atom. The van der Waals surface area contributed by atoms with Gasteiger partial charge in [0.2, 0.25) is 10.0 Å². The number of rotatable bonds is 6. The second-order valence-corrected chi connectivity index (χ2v) is 7.02. The molecule has 2 atom stereocenters. The highest BCUT2D eigenvalue weighted by atomic mass is 32.2. The van der Waals surface area contributed by atoms with Crippen LogP contribution in [0.25, 0.3) is 0 Å². The Morgan fingerprint density at radius 3 is 2.37 bits per heavy atom. The van der Waals surface area contributed by atoms with E-state index >= 15 is 0 Å². The van der Waals surface area contributed by atoms with E-state index in [2.05, 4.69) is 0 Å². The van der Waals surface area contributed by atoms with Gasteiger partial charge in [0, 0.05) is 13.6 Å². The fourth-order valence-electron chi connectivity index (χ4n) is 1.86. The van der Waals surface area contributed by atoms with E-state index in [0.717, 1.165) is 5.56 Å². The van der Waals surface area contributed by atoms with E-state index < -0.39 is 10.0 Å². The number of hydrogen-bond acceptors (Lipinski definition) is 3. The summed E-state index contributed by atoms with van der Waals surface area (Å²) in [6.07, 6.45) is 0. The zero-order valence-corrected chi connectivity index (χ0v) is 12.4. The molecule has 0 aromatic heterocycles.